The van der Waals surface area contributed by atoms with Crippen LogP contribution < -0.4 is 5.32 Å². The van der Waals surface area contributed by atoms with E-state index in [0.29, 0.717) is 6.42 Å². The van der Waals surface area contributed by atoms with Gasteiger partial charge in [0.2, 0.25) is 0 Å². The number of quaternary nitrogens is 1. The molecule has 1 aliphatic heterocycles. The van der Waals surface area contributed by atoms with Crippen LogP contribution in [0.5, 0.6) is 0 Å². The quantitative estimate of drug-likeness (QED) is 0.716. The van der Waals surface area contributed by atoms with E-state index in [4.69, 9.17) is 8.83 Å². The lowest BCUT2D eigenvalue weighted by Crippen LogP contribution is -2.86. The first-order valence-corrected chi connectivity index (χ1v) is 9.48. The van der Waals surface area contributed by atoms with Crippen LogP contribution in [0.4, 0.5) is 0 Å². The first-order chi connectivity index (χ1) is 13.6. The molecule has 0 unspecified atom stereocenters. The van der Waals surface area contributed by atoms with Crippen LogP contribution in [0.2, 0.25) is 0 Å². The number of nitrogens with two attached hydrogens (primary N) is 1. The Hall–Kier alpha value is -3.12. The molecule has 0 fully saturated rings. The second-order valence-corrected chi connectivity index (χ2v) is 7.13. The van der Waals surface area contributed by atoms with E-state index in [0.717, 1.165) is 22.8 Å². The van der Waals surface area contributed by atoms with E-state index in [1.165, 1.54) is 5.56 Å². The van der Waals surface area contributed by atoms with Gasteiger partial charge < -0.3 is 14.2 Å². The fourth-order valence-electron chi connectivity index (χ4n) is 3.40. The number of rotatable bonds is 6. The van der Waals surface area contributed by atoms with Crippen LogP contribution in [-0.2, 0) is 4.79 Å². The van der Waals surface area contributed by atoms with Gasteiger partial charge in [0.05, 0.1) is 18.2 Å². The maximum atomic E-state index is 13.0. The topological polar surface area (TPSA) is 75.6 Å². The molecule has 0 saturated carbocycles. The summed E-state index contributed by atoms with van der Waals surface area (Å²) >= 11 is 0. The zero-order chi connectivity index (χ0) is 19.5. The third-order valence-electron chi connectivity index (χ3n) is 5.06. The summed E-state index contributed by atoms with van der Waals surface area (Å²) in [6, 6.07) is 15.6. The molecule has 0 bridgehead atoms. The SMILES string of the molecule is Cc1ccc(C2=NN(C(=O)C[NH2+][C@H](C)c3ccco3)[C@H](c3ccco3)C2)cc1. The Labute approximate surface area is 163 Å². The van der Waals surface area contributed by atoms with Crippen LogP contribution >= 0.6 is 0 Å². The van der Waals surface area contributed by atoms with Crippen molar-refractivity contribution in [2.45, 2.75) is 32.4 Å². The molecule has 1 amide bonds. The highest BCUT2D eigenvalue weighted by atomic mass is 16.3. The molecule has 1 aliphatic rings. The summed E-state index contributed by atoms with van der Waals surface area (Å²) in [6.45, 7) is 4.35. The highest BCUT2D eigenvalue weighted by Crippen LogP contribution is 2.32. The number of carbonyl (C=O) groups is 1. The van der Waals surface area contributed by atoms with Crippen LogP contribution in [0, 0.1) is 6.92 Å². The monoisotopic (exact) mass is 378 g/mol. The first-order valence-electron chi connectivity index (χ1n) is 9.48. The van der Waals surface area contributed by atoms with Gasteiger partial charge in [-0.2, -0.15) is 5.10 Å². The molecule has 2 atom stereocenters. The molecule has 2 aromatic heterocycles. The third-order valence-corrected chi connectivity index (χ3v) is 5.06. The molecule has 3 heterocycles. The molecular formula is C22H24N3O3+. The highest BCUT2D eigenvalue weighted by molar-refractivity contribution is 6.03. The standard InChI is InChI=1S/C22H23N3O3/c1-15-7-9-17(10-8-15)18-13-19(21-6-4-12-28-21)25(24-18)22(26)14-23-16(2)20-5-3-11-27-20/h3-12,16,19,23H,13-14H2,1-2H3/p+1/t16-,19+/m1/s1. The van der Waals surface area contributed by atoms with Crippen LogP contribution in [0.15, 0.2) is 75.0 Å². The van der Waals surface area contributed by atoms with E-state index in [9.17, 15) is 4.79 Å². The van der Waals surface area contributed by atoms with E-state index in [1.807, 2.05) is 48.6 Å². The minimum absolute atomic E-state index is 0.0538. The Morgan fingerprint density at radius 2 is 1.93 bits per heavy atom. The molecular weight excluding hydrogens is 354 g/mol. The fraction of sp³-hybridized carbons (Fsp3) is 0.273. The number of amides is 1. The lowest BCUT2D eigenvalue weighted by atomic mass is 10.0. The van der Waals surface area contributed by atoms with Crippen molar-refractivity contribution in [2.24, 2.45) is 5.10 Å². The zero-order valence-electron chi connectivity index (χ0n) is 16.0. The number of hydrazone groups is 1. The highest BCUT2D eigenvalue weighted by Gasteiger charge is 2.35. The Morgan fingerprint density at radius 1 is 1.18 bits per heavy atom. The number of hydrogen-bond donors (Lipinski definition) is 1. The van der Waals surface area contributed by atoms with Crippen molar-refractivity contribution < 1.29 is 18.9 Å². The number of furan rings is 2. The summed E-state index contributed by atoms with van der Waals surface area (Å²) in [6.07, 6.45) is 3.91. The van der Waals surface area contributed by atoms with Gasteiger partial charge in [0, 0.05) is 6.42 Å². The van der Waals surface area contributed by atoms with Crippen molar-refractivity contribution >= 4 is 11.6 Å². The molecule has 4 rings (SSSR count). The summed E-state index contributed by atoms with van der Waals surface area (Å²) in [5.41, 5.74) is 3.12. The molecule has 144 valence electrons. The molecule has 28 heavy (non-hydrogen) atoms. The second kappa shape index (κ2) is 7.86. The molecule has 0 spiro atoms. The average molecular weight is 378 g/mol. The predicted molar refractivity (Wildman–Crippen MR) is 105 cm³/mol. The zero-order valence-corrected chi connectivity index (χ0v) is 16.0. The Morgan fingerprint density at radius 3 is 2.61 bits per heavy atom. The molecule has 6 heteroatoms. The van der Waals surface area contributed by atoms with Gasteiger partial charge in [-0.05, 0) is 43.7 Å². The van der Waals surface area contributed by atoms with Crippen molar-refractivity contribution in [3.63, 3.8) is 0 Å². The normalized spacial score (nSPS) is 17.6. The van der Waals surface area contributed by atoms with E-state index in [-0.39, 0.29) is 24.5 Å². The summed E-state index contributed by atoms with van der Waals surface area (Å²) in [4.78, 5) is 13.0. The van der Waals surface area contributed by atoms with Crippen LogP contribution in [0.1, 0.15) is 48.1 Å². The van der Waals surface area contributed by atoms with E-state index >= 15 is 0 Å². The second-order valence-electron chi connectivity index (χ2n) is 7.13. The number of carbonyl (C=O) groups excluding carboxylic acids is 1. The summed E-state index contributed by atoms with van der Waals surface area (Å²) in [7, 11) is 0. The molecule has 0 saturated heterocycles. The van der Waals surface area contributed by atoms with Crippen LogP contribution in [0.25, 0.3) is 0 Å². The lowest BCUT2D eigenvalue weighted by molar-refractivity contribution is -0.685. The summed E-state index contributed by atoms with van der Waals surface area (Å²) in [5, 5.41) is 8.19. The summed E-state index contributed by atoms with van der Waals surface area (Å²) < 4.78 is 11.0. The van der Waals surface area contributed by atoms with Gasteiger partial charge in [-0.25, -0.2) is 5.01 Å². The minimum atomic E-state index is -0.217. The van der Waals surface area contributed by atoms with Gasteiger partial charge in [0.1, 0.15) is 17.8 Å². The summed E-state index contributed by atoms with van der Waals surface area (Å²) in [5.74, 6) is 1.54. The van der Waals surface area contributed by atoms with Crippen molar-refractivity contribution in [1.29, 1.82) is 0 Å². The molecule has 0 aliphatic carbocycles. The lowest BCUT2D eigenvalue weighted by Gasteiger charge is -2.19. The smallest absolute Gasteiger partial charge is 0.298 e. The van der Waals surface area contributed by atoms with Gasteiger partial charge in [-0.3, -0.25) is 4.79 Å². The average Bonchev–Trinajstić information content (AvgIpc) is 3.47. The number of aryl methyl sites for hydroxylation is 1. The van der Waals surface area contributed by atoms with Crippen LogP contribution in [0.3, 0.4) is 0 Å². The predicted octanol–water partition coefficient (Wildman–Crippen LogP) is 3.18. The molecule has 2 N–H and O–H groups in total. The van der Waals surface area contributed by atoms with Gasteiger partial charge in [0.15, 0.2) is 12.3 Å². The Kier molecular flexibility index (Phi) is 5.12. The van der Waals surface area contributed by atoms with Crippen LogP contribution in [-0.4, -0.2) is 23.2 Å². The van der Waals surface area contributed by atoms with Crippen molar-refractivity contribution in [1.82, 2.24) is 5.01 Å². The first kappa shape index (κ1) is 18.3. The van der Waals surface area contributed by atoms with Gasteiger partial charge in [-0.15, -0.1) is 0 Å². The largest absolute Gasteiger partial charge is 0.467 e. The molecule has 6 nitrogen and oxygen atoms in total. The fourth-order valence-corrected chi connectivity index (χ4v) is 3.40. The Balaban J connectivity index is 1.52. The third kappa shape index (κ3) is 3.77. The van der Waals surface area contributed by atoms with Crippen molar-refractivity contribution in [3.05, 3.63) is 83.7 Å². The van der Waals surface area contributed by atoms with E-state index < -0.39 is 0 Å². The van der Waals surface area contributed by atoms with E-state index in [2.05, 4.69) is 24.2 Å². The van der Waals surface area contributed by atoms with Crippen molar-refractivity contribution in [3.8, 4) is 0 Å². The number of nitrogens with zero attached hydrogens (tertiary/aromatic N) is 2. The van der Waals surface area contributed by atoms with Crippen molar-refractivity contribution in [2.75, 3.05) is 6.54 Å². The van der Waals surface area contributed by atoms with Gasteiger partial charge in [-0.1, -0.05) is 29.8 Å². The maximum Gasteiger partial charge on any atom is 0.298 e. The maximum absolute atomic E-state index is 13.0. The Bertz CT molecular complexity index is 944. The molecule has 1 aromatic carbocycles. The molecule has 3 aromatic rings. The van der Waals surface area contributed by atoms with Gasteiger partial charge in [0.25, 0.3) is 5.91 Å². The van der Waals surface area contributed by atoms with Gasteiger partial charge >= 0.3 is 0 Å². The van der Waals surface area contributed by atoms with E-state index in [1.54, 1.807) is 17.5 Å². The number of hydrogen-bond acceptors (Lipinski definition) is 4. The molecule has 0 radical (unpaired) electrons. The minimum Gasteiger partial charge on any atom is -0.467 e. The number of benzene rings is 1.